The van der Waals surface area contributed by atoms with E-state index in [9.17, 15) is 0 Å². The number of aryl methyl sites for hydroxylation is 2. The lowest BCUT2D eigenvalue weighted by Gasteiger charge is -2.05. The van der Waals surface area contributed by atoms with E-state index in [1.807, 2.05) is 68.4 Å². The number of aliphatic imine (C=N–C) groups is 1. The quantitative estimate of drug-likeness (QED) is 0.368. The zero-order valence-corrected chi connectivity index (χ0v) is 17.0. The van der Waals surface area contributed by atoms with Gasteiger partial charge in [-0.1, -0.05) is 47.6 Å². The van der Waals surface area contributed by atoms with Crippen molar-refractivity contribution in [3.05, 3.63) is 82.8 Å². The Kier molecular flexibility index (Phi) is 5.37. The zero-order valence-electron chi connectivity index (χ0n) is 15.4. The van der Waals surface area contributed by atoms with Crippen molar-refractivity contribution >= 4 is 35.3 Å². The van der Waals surface area contributed by atoms with Crippen molar-refractivity contribution in [2.75, 3.05) is 0 Å². The highest BCUT2D eigenvalue weighted by molar-refractivity contribution is 7.99. The maximum Gasteiger partial charge on any atom is 0.145 e. The van der Waals surface area contributed by atoms with Crippen LogP contribution in [0, 0.1) is 13.8 Å². The molecular weight excluding hydrogens is 390 g/mol. The minimum Gasteiger partial charge on any atom is -0.455 e. The van der Waals surface area contributed by atoms with Gasteiger partial charge in [0.25, 0.3) is 0 Å². The highest BCUT2D eigenvalue weighted by atomic mass is 35.5. The first-order valence-electron chi connectivity index (χ1n) is 8.79. The number of nitrogens with one attached hydrogen (secondary N) is 1. The van der Waals surface area contributed by atoms with Crippen molar-refractivity contribution in [1.29, 1.82) is 0 Å². The molecule has 2 heterocycles. The predicted octanol–water partition coefficient (Wildman–Crippen LogP) is 6.84. The summed E-state index contributed by atoms with van der Waals surface area (Å²) in [5, 5.41) is 7.95. The number of aromatic nitrogens is 2. The van der Waals surface area contributed by atoms with Gasteiger partial charge in [-0.15, -0.1) is 0 Å². The van der Waals surface area contributed by atoms with Crippen molar-refractivity contribution in [3.63, 3.8) is 0 Å². The molecule has 140 valence electrons. The van der Waals surface area contributed by atoms with Crippen LogP contribution in [-0.4, -0.2) is 16.4 Å². The molecule has 4 rings (SSSR count). The van der Waals surface area contributed by atoms with Crippen molar-refractivity contribution in [1.82, 2.24) is 10.2 Å². The molecule has 0 aliphatic carbocycles. The van der Waals surface area contributed by atoms with Gasteiger partial charge in [0.05, 0.1) is 27.5 Å². The first-order valence-corrected chi connectivity index (χ1v) is 9.98. The van der Waals surface area contributed by atoms with Crippen LogP contribution in [0.1, 0.15) is 17.1 Å². The van der Waals surface area contributed by atoms with Gasteiger partial charge in [0, 0.05) is 16.2 Å². The summed E-state index contributed by atoms with van der Waals surface area (Å²) in [6.45, 7) is 4.02. The Balaban J connectivity index is 1.59. The Hall–Kier alpha value is -2.76. The number of rotatable bonds is 5. The molecule has 0 fully saturated rings. The van der Waals surface area contributed by atoms with E-state index in [-0.39, 0.29) is 0 Å². The van der Waals surface area contributed by atoms with Crippen LogP contribution in [0.5, 0.6) is 0 Å². The van der Waals surface area contributed by atoms with E-state index >= 15 is 0 Å². The van der Waals surface area contributed by atoms with Crippen LogP contribution in [-0.2, 0) is 0 Å². The molecule has 4 aromatic rings. The minimum atomic E-state index is 0.660. The maximum absolute atomic E-state index is 6.25. The second-order valence-corrected chi connectivity index (χ2v) is 7.73. The number of benzene rings is 2. The van der Waals surface area contributed by atoms with Gasteiger partial charge in [-0.05, 0) is 50.2 Å². The van der Waals surface area contributed by atoms with Crippen LogP contribution in [0.25, 0.3) is 11.3 Å². The van der Waals surface area contributed by atoms with E-state index in [0.29, 0.717) is 10.8 Å². The Bertz CT molecular complexity index is 1130. The van der Waals surface area contributed by atoms with Gasteiger partial charge >= 0.3 is 0 Å². The monoisotopic (exact) mass is 407 g/mol. The molecule has 0 aliphatic rings. The number of furan rings is 1. The van der Waals surface area contributed by atoms with Gasteiger partial charge in [0.2, 0.25) is 0 Å². The Morgan fingerprint density at radius 1 is 1.04 bits per heavy atom. The number of H-pyrrole nitrogens is 1. The smallest absolute Gasteiger partial charge is 0.145 e. The van der Waals surface area contributed by atoms with E-state index in [0.717, 1.165) is 38.2 Å². The molecule has 4 nitrogen and oxygen atoms in total. The first-order chi connectivity index (χ1) is 13.6. The molecule has 0 spiro atoms. The fourth-order valence-electron chi connectivity index (χ4n) is 2.81. The van der Waals surface area contributed by atoms with Crippen LogP contribution in [0.3, 0.4) is 0 Å². The summed E-state index contributed by atoms with van der Waals surface area (Å²) in [4.78, 5) is 6.83. The zero-order chi connectivity index (χ0) is 19.5. The first kappa shape index (κ1) is 18.6. The molecule has 0 saturated carbocycles. The van der Waals surface area contributed by atoms with Crippen molar-refractivity contribution in [2.45, 2.75) is 23.6 Å². The number of halogens is 1. The highest BCUT2D eigenvalue weighted by Crippen LogP contribution is 2.37. The van der Waals surface area contributed by atoms with Gasteiger partial charge < -0.3 is 4.42 Å². The maximum atomic E-state index is 6.25. The number of aromatic amines is 1. The highest BCUT2D eigenvalue weighted by Gasteiger charge is 2.11. The molecule has 0 atom stereocenters. The standard InChI is InChI=1S/C22H18ClN3OS/c1-14-22(15(2)26-25-14)28-21-10-6-5-9-19(21)24-13-16-11-12-20(27-16)17-7-3-4-8-18(17)23/h3-13H,1-2H3,(H,25,26). The SMILES string of the molecule is Cc1n[nH]c(C)c1Sc1ccccc1N=Cc1ccc(-c2ccccc2Cl)o1. The van der Waals surface area contributed by atoms with Gasteiger partial charge in [0.15, 0.2) is 0 Å². The average Bonchev–Trinajstić information content (AvgIpc) is 3.30. The van der Waals surface area contributed by atoms with Crippen LogP contribution < -0.4 is 0 Å². The van der Waals surface area contributed by atoms with Gasteiger partial charge in [-0.25, -0.2) is 0 Å². The fraction of sp³-hybridized carbons (Fsp3) is 0.0909. The second kappa shape index (κ2) is 8.09. The van der Waals surface area contributed by atoms with E-state index in [1.165, 1.54) is 0 Å². The average molecular weight is 408 g/mol. The van der Waals surface area contributed by atoms with Gasteiger partial charge in [0.1, 0.15) is 11.5 Å². The number of para-hydroxylation sites is 1. The van der Waals surface area contributed by atoms with Crippen LogP contribution in [0.2, 0.25) is 5.02 Å². The number of hydrogen-bond donors (Lipinski definition) is 1. The third-order valence-electron chi connectivity index (χ3n) is 4.23. The Morgan fingerprint density at radius 3 is 2.61 bits per heavy atom. The molecular formula is C22H18ClN3OS. The molecule has 2 aromatic heterocycles. The van der Waals surface area contributed by atoms with E-state index in [4.69, 9.17) is 16.0 Å². The third-order valence-corrected chi connectivity index (χ3v) is 5.94. The minimum absolute atomic E-state index is 0.660. The van der Waals surface area contributed by atoms with E-state index in [2.05, 4.69) is 21.3 Å². The molecule has 28 heavy (non-hydrogen) atoms. The number of nitrogens with zero attached hydrogens (tertiary/aromatic N) is 2. The molecule has 0 bridgehead atoms. The van der Waals surface area contributed by atoms with Crippen molar-refractivity contribution < 1.29 is 4.42 Å². The van der Waals surface area contributed by atoms with Crippen molar-refractivity contribution in [2.24, 2.45) is 4.99 Å². The molecule has 0 aliphatic heterocycles. The molecule has 0 saturated heterocycles. The summed E-state index contributed by atoms with van der Waals surface area (Å²) in [7, 11) is 0. The van der Waals surface area contributed by atoms with Crippen molar-refractivity contribution in [3.8, 4) is 11.3 Å². The van der Waals surface area contributed by atoms with E-state index in [1.54, 1.807) is 18.0 Å². The molecule has 6 heteroatoms. The summed E-state index contributed by atoms with van der Waals surface area (Å²) in [5.41, 5.74) is 3.78. The van der Waals surface area contributed by atoms with Crippen LogP contribution in [0.4, 0.5) is 5.69 Å². The molecule has 0 radical (unpaired) electrons. The molecule has 1 N–H and O–H groups in total. The van der Waals surface area contributed by atoms with Crippen LogP contribution >= 0.6 is 23.4 Å². The van der Waals surface area contributed by atoms with Gasteiger partial charge in [-0.3, -0.25) is 10.1 Å². The molecule has 2 aromatic carbocycles. The lowest BCUT2D eigenvalue weighted by Crippen LogP contribution is -1.81. The predicted molar refractivity (Wildman–Crippen MR) is 115 cm³/mol. The van der Waals surface area contributed by atoms with Gasteiger partial charge in [-0.2, -0.15) is 5.10 Å². The summed E-state index contributed by atoms with van der Waals surface area (Å²) in [6.07, 6.45) is 1.73. The Morgan fingerprint density at radius 2 is 1.82 bits per heavy atom. The third kappa shape index (κ3) is 3.91. The summed E-state index contributed by atoms with van der Waals surface area (Å²) >= 11 is 7.91. The summed E-state index contributed by atoms with van der Waals surface area (Å²) < 4.78 is 5.90. The molecule has 0 amide bonds. The summed E-state index contributed by atoms with van der Waals surface area (Å²) in [5.74, 6) is 1.39. The normalized spacial score (nSPS) is 11.4. The topological polar surface area (TPSA) is 54.2 Å². The lowest BCUT2D eigenvalue weighted by atomic mass is 10.2. The Labute approximate surface area is 172 Å². The lowest BCUT2D eigenvalue weighted by molar-refractivity contribution is 0.575. The van der Waals surface area contributed by atoms with Crippen LogP contribution in [0.15, 0.2) is 79.9 Å². The largest absolute Gasteiger partial charge is 0.455 e. The van der Waals surface area contributed by atoms with E-state index < -0.39 is 0 Å². The number of hydrogen-bond acceptors (Lipinski definition) is 4. The summed E-state index contributed by atoms with van der Waals surface area (Å²) in [6, 6.07) is 19.4. The molecule has 0 unspecified atom stereocenters. The second-order valence-electron chi connectivity index (χ2n) is 6.27. The fourth-order valence-corrected chi connectivity index (χ4v) is 4.03.